The minimum absolute atomic E-state index is 0.174. The topological polar surface area (TPSA) is 55.4 Å². The lowest BCUT2D eigenvalue weighted by molar-refractivity contribution is -0.136. The minimum atomic E-state index is -0.378. The van der Waals surface area contributed by atoms with Gasteiger partial charge < -0.3 is 10.1 Å². The van der Waals surface area contributed by atoms with Gasteiger partial charge in [0.15, 0.2) is 0 Å². The number of fused-ring (bicyclic) bond motifs is 1. The maximum atomic E-state index is 12.6. The van der Waals surface area contributed by atoms with Crippen LogP contribution in [-0.4, -0.2) is 25.1 Å². The summed E-state index contributed by atoms with van der Waals surface area (Å²) in [5.74, 6) is -0.838. The zero-order valence-electron chi connectivity index (χ0n) is 14.1. The van der Waals surface area contributed by atoms with Crippen molar-refractivity contribution in [2.75, 3.05) is 13.4 Å². The first kappa shape index (κ1) is 16.8. The second-order valence-electron chi connectivity index (χ2n) is 6.05. The average Bonchev–Trinajstić information content (AvgIpc) is 2.60. The molecule has 0 amide bonds. The predicted octanol–water partition coefficient (Wildman–Crippen LogP) is 3.41. The van der Waals surface area contributed by atoms with Gasteiger partial charge in [-0.2, -0.15) is 0 Å². The van der Waals surface area contributed by atoms with E-state index >= 15 is 0 Å². The van der Waals surface area contributed by atoms with Gasteiger partial charge in [-0.05, 0) is 37.3 Å². The van der Waals surface area contributed by atoms with Crippen LogP contribution in [0, 0.1) is 5.92 Å². The van der Waals surface area contributed by atoms with Crippen molar-refractivity contribution in [1.29, 1.82) is 0 Å². The summed E-state index contributed by atoms with van der Waals surface area (Å²) < 4.78 is 5.00. The van der Waals surface area contributed by atoms with Gasteiger partial charge in [0.2, 0.25) is 0 Å². The number of ketones is 1. The molecule has 5 heteroatoms. The molecule has 2 unspecified atom stereocenters. The fourth-order valence-electron chi connectivity index (χ4n) is 3.56. The maximum Gasteiger partial charge on any atom is 0.336 e. The van der Waals surface area contributed by atoms with Gasteiger partial charge in [-0.3, -0.25) is 4.79 Å². The van der Waals surface area contributed by atoms with Crippen LogP contribution in [0.1, 0.15) is 31.2 Å². The highest BCUT2D eigenvalue weighted by Crippen LogP contribution is 2.43. The number of Topliss-reactive ketones (excluding diaryl/α,β-unsaturated/α-hetero) is 1. The number of nitrogens with one attached hydrogen (secondary N) is 1. The Hall–Kier alpha value is -2.01. The van der Waals surface area contributed by atoms with Crippen LogP contribution in [0.15, 0.2) is 52.2 Å². The molecule has 0 bridgehead atoms. The number of ether oxygens (including phenoxy) is 1. The zero-order valence-corrected chi connectivity index (χ0v) is 14.9. The lowest BCUT2D eigenvalue weighted by Gasteiger charge is -2.37. The molecule has 4 nitrogen and oxygen atoms in total. The molecule has 1 aromatic rings. The zero-order chi connectivity index (χ0) is 17.3. The molecule has 0 aromatic heterocycles. The molecule has 126 valence electrons. The molecule has 3 rings (SSSR count). The van der Waals surface area contributed by atoms with Crippen LogP contribution in [0.25, 0.3) is 0 Å². The maximum absolute atomic E-state index is 12.6. The molecule has 24 heavy (non-hydrogen) atoms. The van der Waals surface area contributed by atoms with E-state index in [4.69, 9.17) is 4.74 Å². The Kier molecular flexibility index (Phi) is 4.81. The number of esters is 1. The Morgan fingerprint density at radius 2 is 1.96 bits per heavy atom. The summed E-state index contributed by atoms with van der Waals surface area (Å²) in [6.07, 6.45) is 5.36. The largest absolute Gasteiger partial charge is 0.466 e. The Balaban J connectivity index is 2.15. The Morgan fingerprint density at radius 1 is 1.25 bits per heavy atom. The van der Waals surface area contributed by atoms with E-state index in [0.29, 0.717) is 12.0 Å². The molecule has 1 aliphatic carbocycles. The quantitative estimate of drug-likeness (QED) is 0.673. The molecular weight excluding hydrogens is 322 g/mol. The Labute approximate surface area is 146 Å². The third-order valence-electron chi connectivity index (χ3n) is 4.70. The highest BCUT2D eigenvalue weighted by atomic mass is 32.2. The van der Waals surface area contributed by atoms with Crippen molar-refractivity contribution in [1.82, 2.24) is 5.32 Å². The van der Waals surface area contributed by atoms with Crippen molar-refractivity contribution in [3.05, 3.63) is 52.9 Å². The Bertz CT molecular complexity index is 733. The third kappa shape index (κ3) is 2.88. The van der Waals surface area contributed by atoms with E-state index in [0.717, 1.165) is 28.3 Å². The van der Waals surface area contributed by atoms with Gasteiger partial charge in [0.05, 0.1) is 18.6 Å². The summed E-state index contributed by atoms with van der Waals surface area (Å²) in [6, 6.07) is 8.08. The molecule has 1 heterocycles. The van der Waals surface area contributed by atoms with E-state index in [1.165, 1.54) is 7.11 Å². The van der Waals surface area contributed by atoms with E-state index < -0.39 is 0 Å². The number of allylic oxidation sites excluding steroid dienone is 3. The monoisotopic (exact) mass is 343 g/mol. The predicted molar refractivity (Wildman–Crippen MR) is 94.6 cm³/mol. The van der Waals surface area contributed by atoms with Crippen molar-refractivity contribution in [3.8, 4) is 0 Å². The summed E-state index contributed by atoms with van der Waals surface area (Å²) in [5.41, 5.74) is 3.19. The van der Waals surface area contributed by atoms with E-state index in [9.17, 15) is 9.59 Å². The fraction of sp³-hybridized carbons (Fsp3) is 0.368. The molecule has 1 aliphatic heterocycles. The number of thioether (sulfide) groups is 1. The molecule has 0 fully saturated rings. The third-order valence-corrected chi connectivity index (χ3v) is 5.44. The van der Waals surface area contributed by atoms with Gasteiger partial charge in [-0.15, -0.1) is 11.8 Å². The number of carbonyl (C=O) groups is 2. The van der Waals surface area contributed by atoms with Gasteiger partial charge in [0.1, 0.15) is 5.78 Å². The number of hydrogen-bond donors (Lipinski definition) is 1. The van der Waals surface area contributed by atoms with Crippen LogP contribution in [-0.2, 0) is 14.3 Å². The molecule has 0 saturated heterocycles. The van der Waals surface area contributed by atoms with E-state index in [1.54, 1.807) is 11.8 Å². The van der Waals surface area contributed by atoms with E-state index in [2.05, 4.69) is 11.4 Å². The fourth-order valence-corrected chi connectivity index (χ4v) is 3.97. The van der Waals surface area contributed by atoms with Crippen molar-refractivity contribution in [3.63, 3.8) is 0 Å². The van der Waals surface area contributed by atoms with Crippen LogP contribution < -0.4 is 5.32 Å². The molecule has 1 N–H and O–H groups in total. The van der Waals surface area contributed by atoms with Crippen molar-refractivity contribution in [2.24, 2.45) is 5.92 Å². The molecule has 0 saturated carbocycles. The molecule has 1 aromatic carbocycles. The Morgan fingerprint density at radius 3 is 2.58 bits per heavy atom. The normalized spacial score (nSPS) is 23.3. The SMILES string of the molecule is COC(=O)C1=C(C)NC2=CCCC(=O)C2C1c1ccc(SC)cc1. The van der Waals surface area contributed by atoms with Gasteiger partial charge in [-0.1, -0.05) is 18.2 Å². The summed E-state index contributed by atoms with van der Waals surface area (Å²) in [6.45, 7) is 1.87. The number of hydrogen-bond acceptors (Lipinski definition) is 5. The number of rotatable bonds is 3. The first-order valence-corrected chi connectivity index (χ1v) is 9.22. The lowest BCUT2D eigenvalue weighted by Crippen LogP contribution is -2.40. The molecular formula is C19H21NO3S. The number of benzene rings is 1. The number of methoxy groups -OCH3 is 1. The van der Waals surface area contributed by atoms with Gasteiger partial charge in [-0.25, -0.2) is 4.79 Å². The second kappa shape index (κ2) is 6.85. The summed E-state index contributed by atoms with van der Waals surface area (Å²) in [7, 11) is 1.38. The van der Waals surface area contributed by atoms with Crippen LogP contribution >= 0.6 is 11.8 Å². The molecule has 2 atom stereocenters. The first-order chi connectivity index (χ1) is 11.6. The van der Waals surface area contributed by atoms with Crippen LogP contribution in [0.4, 0.5) is 0 Å². The standard InChI is InChI=1S/C19H21NO3S/c1-11-16(19(22)23-2)17(12-7-9-13(24-3)10-8-12)18-14(20-11)5-4-6-15(18)21/h5,7-10,17-18,20H,4,6H2,1-3H3. The molecule has 2 aliphatic rings. The van der Waals surface area contributed by atoms with Crippen molar-refractivity contribution in [2.45, 2.75) is 30.6 Å². The first-order valence-electron chi connectivity index (χ1n) is 7.99. The number of carbonyl (C=O) groups excluding carboxylic acids is 2. The van der Waals surface area contributed by atoms with Crippen molar-refractivity contribution >= 4 is 23.5 Å². The van der Waals surface area contributed by atoms with Crippen molar-refractivity contribution < 1.29 is 14.3 Å². The lowest BCUT2D eigenvalue weighted by atomic mass is 9.71. The highest BCUT2D eigenvalue weighted by Gasteiger charge is 2.43. The molecule has 0 spiro atoms. The minimum Gasteiger partial charge on any atom is -0.466 e. The molecule has 0 radical (unpaired) electrons. The van der Waals surface area contributed by atoms with Gasteiger partial charge in [0.25, 0.3) is 0 Å². The van der Waals surface area contributed by atoms with Gasteiger partial charge in [0, 0.05) is 28.6 Å². The van der Waals surface area contributed by atoms with E-state index in [1.807, 2.05) is 37.4 Å². The van der Waals surface area contributed by atoms with Gasteiger partial charge >= 0.3 is 5.97 Å². The van der Waals surface area contributed by atoms with Crippen LogP contribution in [0.5, 0.6) is 0 Å². The second-order valence-corrected chi connectivity index (χ2v) is 6.93. The summed E-state index contributed by atoms with van der Waals surface area (Å²) >= 11 is 1.67. The summed E-state index contributed by atoms with van der Waals surface area (Å²) in [4.78, 5) is 26.2. The van der Waals surface area contributed by atoms with Crippen LogP contribution in [0.2, 0.25) is 0 Å². The van der Waals surface area contributed by atoms with Crippen LogP contribution in [0.3, 0.4) is 0 Å². The smallest absolute Gasteiger partial charge is 0.336 e. The average molecular weight is 343 g/mol. The van der Waals surface area contributed by atoms with E-state index in [-0.39, 0.29) is 23.6 Å². The summed E-state index contributed by atoms with van der Waals surface area (Å²) in [5, 5.41) is 3.25. The highest BCUT2D eigenvalue weighted by molar-refractivity contribution is 7.98.